The highest BCUT2D eigenvalue weighted by Gasteiger charge is 2.49. The van der Waals surface area contributed by atoms with E-state index in [1.54, 1.807) is 0 Å². The van der Waals surface area contributed by atoms with Gasteiger partial charge in [0.1, 0.15) is 11.4 Å². The maximum Gasteiger partial charge on any atom is 0.151 e. The molecule has 2 unspecified atom stereocenters. The molecule has 1 heterocycles. The molecule has 4 heteroatoms. The molecule has 0 saturated carbocycles. The first-order chi connectivity index (χ1) is 19.8. The van der Waals surface area contributed by atoms with Crippen molar-refractivity contribution < 1.29 is 4.74 Å². The normalized spacial score (nSPS) is 18.1. The number of benzene rings is 6. The maximum atomic E-state index is 7.17. The van der Waals surface area contributed by atoms with Gasteiger partial charge in [-0.3, -0.25) is 4.99 Å². The summed E-state index contributed by atoms with van der Waals surface area (Å²) in [5.74, 6) is 0.847. The molecule has 0 spiro atoms. The minimum atomic E-state index is -0.666. The summed E-state index contributed by atoms with van der Waals surface area (Å²) < 4.78 is 7.17. The Morgan fingerprint density at radius 3 is 2.17 bits per heavy atom. The Labute approximate surface area is 242 Å². The molecule has 1 aliphatic heterocycles. The van der Waals surface area contributed by atoms with Gasteiger partial charge in [0.15, 0.2) is 5.60 Å². The van der Waals surface area contributed by atoms with Gasteiger partial charge in [0, 0.05) is 49.0 Å². The minimum absolute atomic E-state index is 0.349. The Hall–Kier alpha value is -4.31. The monoisotopic (exact) mass is 539 g/mol. The second-order valence-corrected chi connectivity index (χ2v) is 12.0. The van der Waals surface area contributed by atoms with E-state index in [1.807, 2.05) is 0 Å². The van der Waals surface area contributed by atoms with Crippen molar-refractivity contribution in [2.45, 2.75) is 45.1 Å². The standard InChI is InChI=1S/C37H37N3O/c1-7-36(3,30-20-24(40(5)6)18-19-31(30)38-8-2)37(4)22-39-35-28-17-11-16-26-25-14-9-12-23-13-10-15-27(33(23)25)29(34(26)28)21-32(35)41-37/h9-22,38H,7-8H2,1-6H3. The van der Waals surface area contributed by atoms with Gasteiger partial charge in [-0.2, -0.15) is 0 Å². The number of rotatable bonds is 6. The number of aliphatic imine (C=N–C) groups is 1. The predicted molar refractivity (Wildman–Crippen MR) is 177 cm³/mol. The Morgan fingerprint density at radius 2 is 1.49 bits per heavy atom. The molecule has 1 N–H and O–H groups in total. The highest BCUT2D eigenvalue weighted by atomic mass is 16.5. The largest absolute Gasteiger partial charge is 0.479 e. The van der Waals surface area contributed by atoms with Gasteiger partial charge in [0.2, 0.25) is 0 Å². The lowest BCUT2D eigenvalue weighted by Gasteiger charge is -2.46. The first-order valence-corrected chi connectivity index (χ1v) is 14.7. The molecule has 0 bridgehead atoms. The van der Waals surface area contributed by atoms with Gasteiger partial charge in [-0.25, -0.2) is 0 Å². The van der Waals surface area contributed by atoms with Crippen molar-refractivity contribution in [1.82, 2.24) is 0 Å². The summed E-state index contributed by atoms with van der Waals surface area (Å²) in [5, 5.41) is 13.6. The van der Waals surface area contributed by atoms with Crippen molar-refractivity contribution in [3.63, 3.8) is 0 Å². The minimum Gasteiger partial charge on any atom is -0.479 e. The van der Waals surface area contributed by atoms with E-state index < -0.39 is 5.60 Å². The van der Waals surface area contributed by atoms with Crippen LogP contribution in [-0.4, -0.2) is 32.5 Å². The van der Waals surface area contributed by atoms with Crippen LogP contribution in [0.15, 0.2) is 83.9 Å². The van der Waals surface area contributed by atoms with Crippen molar-refractivity contribution in [2.24, 2.45) is 4.99 Å². The SMILES string of the molecule is CCNc1ccc(N(C)C)cc1C(C)(CC)C1(C)C=Nc2c(cc3c4cccc5cccc(c6cccc2c63)c54)O1. The summed E-state index contributed by atoms with van der Waals surface area (Å²) in [4.78, 5) is 7.37. The Kier molecular flexibility index (Phi) is 5.69. The number of nitrogens with zero attached hydrogens (tertiary/aromatic N) is 2. The van der Waals surface area contributed by atoms with Crippen LogP contribution in [0.25, 0.3) is 43.1 Å². The van der Waals surface area contributed by atoms with Crippen LogP contribution in [0.2, 0.25) is 0 Å². The molecule has 0 aromatic heterocycles. The van der Waals surface area contributed by atoms with Gasteiger partial charge in [-0.05, 0) is 87.8 Å². The molecule has 41 heavy (non-hydrogen) atoms. The van der Waals surface area contributed by atoms with Gasteiger partial charge >= 0.3 is 0 Å². The van der Waals surface area contributed by atoms with E-state index in [2.05, 4.69) is 137 Å². The summed E-state index contributed by atoms with van der Waals surface area (Å²) >= 11 is 0. The van der Waals surface area contributed by atoms with E-state index in [0.717, 1.165) is 35.5 Å². The van der Waals surface area contributed by atoms with Crippen molar-refractivity contribution in [3.05, 3.63) is 84.4 Å². The molecule has 0 radical (unpaired) electrons. The maximum absolute atomic E-state index is 7.17. The van der Waals surface area contributed by atoms with Gasteiger partial charge in [0.25, 0.3) is 0 Å². The molecule has 0 aliphatic carbocycles. The quantitative estimate of drug-likeness (QED) is 0.169. The number of nitrogens with one attached hydrogen (secondary N) is 1. The molecule has 2 atom stereocenters. The summed E-state index contributed by atoms with van der Waals surface area (Å²) in [7, 11) is 4.19. The number of hydrogen-bond acceptors (Lipinski definition) is 4. The third kappa shape index (κ3) is 3.56. The second kappa shape index (κ2) is 9.10. The number of fused-ring (bicyclic) bond motifs is 4. The highest BCUT2D eigenvalue weighted by Crippen LogP contribution is 2.52. The lowest BCUT2D eigenvalue weighted by Crippen LogP contribution is -2.54. The lowest BCUT2D eigenvalue weighted by molar-refractivity contribution is 0.0742. The third-order valence-electron chi connectivity index (χ3n) is 9.63. The molecule has 0 amide bonds. The molecule has 4 nitrogen and oxygen atoms in total. The number of anilines is 2. The smallest absolute Gasteiger partial charge is 0.151 e. The average molecular weight is 540 g/mol. The molecule has 0 fully saturated rings. The van der Waals surface area contributed by atoms with Crippen molar-refractivity contribution in [3.8, 4) is 5.75 Å². The Bertz CT molecular complexity index is 1990. The molecular formula is C37H37N3O. The van der Waals surface area contributed by atoms with Crippen LogP contribution in [0.4, 0.5) is 17.1 Å². The lowest BCUT2D eigenvalue weighted by atomic mass is 9.67. The van der Waals surface area contributed by atoms with Crippen molar-refractivity contribution in [2.75, 3.05) is 30.9 Å². The van der Waals surface area contributed by atoms with Crippen LogP contribution < -0.4 is 15.0 Å². The van der Waals surface area contributed by atoms with E-state index >= 15 is 0 Å². The Morgan fingerprint density at radius 1 is 0.829 bits per heavy atom. The van der Waals surface area contributed by atoms with Gasteiger partial charge in [-0.1, -0.05) is 68.4 Å². The van der Waals surface area contributed by atoms with Crippen LogP contribution in [0.1, 0.15) is 39.7 Å². The zero-order valence-corrected chi connectivity index (χ0v) is 24.8. The van der Waals surface area contributed by atoms with E-state index in [-0.39, 0.29) is 5.41 Å². The van der Waals surface area contributed by atoms with Crippen LogP contribution >= 0.6 is 0 Å². The van der Waals surface area contributed by atoms with Crippen LogP contribution in [0.5, 0.6) is 5.75 Å². The predicted octanol–water partition coefficient (Wildman–Crippen LogP) is 9.46. The fourth-order valence-corrected chi connectivity index (χ4v) is 7.00. The molecule has 206 valence electrons. The summed E-state index contributed by atoms with van der Waals surface area (Å²) in [6.07, 6.45) is 2.94. The van der Waals surface area contributed by atoms with Crippen molar-refractivity contribution >= 4 is 66.4 Å². The molecule has 1 aliphatic rings. The molecule has 0 saturated heterocycles. The van der Waals surface area contributed by atoms with E-state index in [4.69, 9.17) is 9.73 Å². The first-order valence-electron chi connectivity index (χ1n) is 14.7. The molecule has 7 rings (SSSR count). The van der Waals surface area contributed by atoms with Crippen molar-refractivity contribution in [1.29, 1.82) is 0 Å². The fourth-order valence-electron chi connectivity index (χ4n) is 7.00. The topological polar surface area (TPSA) is 36.9 Å². The number of ether oxygens (including phenoxy) is 1. The van der Waals surface area contributed by atoms with E-state index in [9.17, 15) is 0 Å². The van der Waals surface area contributed by atoms with E-state index in [1.165, 1.54) is 49.0 Å². The third-order valence-corrected chi connectivity index (χ3v) is 9.63. The summed E-state index contributed by atoms with van der Waals surface area (Å²) in [6.45, 7) is 9.77. The van der Waals surface area contributed by atoms with Gasteiger partial charge < -0.3 is 15.0 Å². The van der Waals surface area contributed by atoms with E-state index in [0.29, 0.717) is 0 Å². The molecule has 6 aromatic carbocycles. The fraction of sp³-hybridized carbons (Fsp3) is 0.270. The van der Waals surface area contributed by atoms with Gasteiger partial charge in [-0.15, -0.1) is 0 Å². The first kappa shape index (κ1) is 25.6. The summed E-state index contributed by atoms with van der Waals surface area (Å²) in [6, 6.07) is 28.8. The highest BCUT2D eigenvalue weighted by molar-refractivity contribution is 6.34. The second-order valence-electron chi connectivity index (χ2n) is 12.0. The van der Waals surface area contributed by atoms with Crippen LogP contribution in [0, 0.1) is 0 Å². The zero-order chi connectivity index (χ0) is 28.5. The zero-order valence-electron chi connectivity index (χ0n) is 24.8. The average Bonchev–Trinajstić information content (AvgIpc) is 2.99. The van der Waals surface area contributed by atoms with Crippen LogP contribution in [-0.2, 0) is 5.41 Å². The van der Waals surface area contributed by atoms with Gasteiger partial charge in [0.05, 0.1) is 0 Å². The van der Waals surface area contributed by atoms with Crippen LogP contribution in [0.3, 0.4) is 0 Å². The summed E-state index contributed by atoms with van der Waals surface area (Å²) in [5.41, 5.74) is 3.47. The Balaban J connectivity index is 1.47. The molecular weight excluding hydrogens is 502 g/mol. The number of hydrogen-bond donors (Lipinski definition) is 1. The molecule has 6 aromatic rings.